The van der Waals surface area contributed by atoms with Crippen LogP contribution in [0.5, 0.6) is 0 Å². The summed E-state index contributed by atoms with van der Waals surface area (Å²) in [6, 6.07) is 7.53. The van der Waals surface area contributed by atoms with Crippen LogP contribution in [0.4, 0.5) is 0 Å². The summed E-state index contributed by atoms with van der Waals surface area (Å²) < 4.78 is 0. The van der Waals surface area contributed by atoms with Crippen LogP contribution in [0, 0.1) is 5.41 Å². The fourth-order valence-corrected chi connectivity index (χ4v) is 2.09. The van der Waals surface area contributed by atoms with Crippen molar-refractivity contribution in [3.63, 3.8) is 0 Å². The molecule has 4 N–H and O–H groups in total. The Hall–Kier alpha value is -1.84. The summed E-state index contributed by atoms with van der Waals surface area (Å²) in [7, 11) is 0. The monoisotopic (exact) mass is 204 g/mol. The van der Waals surface area contributed by atoms with Crippen LogP contribution < -0.4 is 11.5 Å². The number of hydrogen-bond acceptors (Lipinski definition) is 2. The lowest BCUT2D eigenvalue weighted by Gasteiger charge is -2.20. The Morgan fingerprint density at radius 1 is 1.00 bits per heavy atom. The van der Waals surface area contributed by atoms with E-state index in [1.165, 1.54) is 0 Å². The van der Waals surface area contributed by atoms with Crippen molar-refractivity contribution in [3.8, 4) is 0 Å². The highest BCUT2D eigenvalue weighted by atomic mass is 16.2. The van der Waals surface area contributed by atoms with Crippen LogP contribution in [0.25, 0.3) is 0 Å². The molecular weight excluding hydrogens is 192 g/mol. The third kappa shape index (κ3) is 1.29. The maximum atomic E-state index is 11.4. The summed E-state index contributed by atoms with van der Waals surface area (Å²) in [5.41, 5.74) is 11.3. The molecule has 4 heteroatoms. The van der Waals surface area contributed by atoms with Crippen molar-refractivity contribution in [1.82, 2.24) is 0 Å². The molecule has 0 aromatic heterocycles. The molecule has 0 bridgehead atoms. The van der Waals surface area contributed by atoms with Crippen LogP contribution in [0.3, 0.4) is 0 Å². The van der Waals surface area contributed by atoms with Gasteiger partial charge in [-0.25, -0.2) is 0 Å². The van der Waals surface area contributed by atoms with Gasteiger partial charge in [0.15, 0.2) is 0 Å². The number of carbonyl (C=O) groups is 2. The maximum absolute atomic E-state index is 11.4. The molecule has 2 amide bonds. The van der Waals surface area contributed by atoms with E-state index < -0.39 is 17.2 Å². The Kier molecular flexibility index (Phi) is 2.00. The fraction of sp³-hybridized carbons (Fsp3) is 0.273. The summed E-state index contributed by atoms with van der Waals surface area (Å²) >= 11 is 0. The van der Waals surface area contributed by atoms with Gasteiger partial charge >= 0.3 is 0 Å². The topological polar surface area (TPSA) is 86.2 Å². The van der Waals surface area contributed by atoms with Crippen LogP contribution in [0.2, 0.25) is 0 Å². The van der Waals surface area contributed by atoms with Crippen LogP contribution in [0.1, 0.15) is 11.1 Å². The van der Waals surface area contributed by atoms with Gasteiger partial charge in [0, 0.05) is 0 Å². The van der Waals surface area contributed by atoms with Gasteiger partial charge in [-0.3, -0.25) is 9.59 Å². The van der Waals surface area contributed by atoms with Crippen molar-refractivity contribution in [2.75, 3.05) is 0 Å². The molecule has 1 aliphatic carbocycles. The SMILES string of the molecule is NC(=O)C1(C(N)=O)Cc2ccccc2C1. The Morgan fingerprint density at radius 2 is 1.40 bits per heavy atom. The zero-order valence-electron chi connectivity index (χ0n) is 8.19. The van der Waals surface area contributed by atoms with Gasteiger partial charge in [0.25, 0.3) is 0 Å². The fourth-order valence-electron chi connectivity index (χ4n) is 2.09. The zero-order valence-corrected chi connectivity index (χ0v) is 8.19. The molecule has 1 aromatic carbocycles. The Morgan fingerprint density at radius 3 is 1.73 bits per heavy atom. The van der Waals surface area contributed by atoms with E-state index in [4.69, 9.17) is 11.5 Å². The first-order chi connectivity index (χ1) is 7.06. The molecule has 0 unspecified atom stereocenters. The van der Waals surface area contributed by atoms with E-state index in [9.17, 15) is 9.59 Å². The van der Waals surface area contributed by atoms with Crippen LogP contribution >= 0.6 is 0 Å². The van der Waals surface area contributed by atoms with Gasteiger partial charge < -0.3 is 11.5 Å². The first-order valence-electron chi connectivity index (χ1n) is 4.73. The first kappa shape index (κ1) is 9.71. The second-order valence-electron chi connectivity index (χ2n) is 3.93. The standard InChI is InChI=1S/C11H12N2O2/c12-9(14)11(10(13)15)5-7-3-1-2-4-8(7)6-11/h1-4H,5-6H2,(H2,12,14)(H2,13,15). The van der Waals surface area contributed by atoms with Gasteiger partial charge in [-0.05, 0) is 24.0 Å². The number of nitrogens with two attached hydrogens (primary N) is 2. The van der Waals surface area contributed by atoms with Crippen molar-refractivity contribution in [3.05, 3.63) is 35.4 Å². The Labute approximate surface area is 87.3 Å². The number of carbonyl (C=O) groups excluding carboxylic acids is 2. The molecule has 0 atom stereocenters. The number of benzene rings is 1. The molecule has 0 radical (unpaired) electrons. The highest BCUT2D eigenvalue weighted by molar-refractivity contribution is 6.05. The summed E-state index contributed by atoms with van der Waals surface area (Å²) in [5, 5.41) is 0. The predicted octanol–water partition coefficient (Wildman–Crippen LogP) is -0.258. The molecule has 0 aliphatic heterocycles. The largest absolute Gasteiger partial charge is 0.369 e. The van der Waals surface area contributed by atoms with Gasteiger partial charge in [0.2, 0.25) is 11.8 Å². The van der Waals surface area contributed by atoms with Crippen LogP contribution in [-0.2, 0) is 22.4 Å². The molecule has 4 nitrogen and oxygen atoms in total. The molecule has 15 heavy (non-hydrogen) atoms. The van der Waals surface area contributed by atoms with E-state index in [0.29, 0.717) is 12.8 Å². The van der Waals surface area contributed by atoms with E-state index in [1.54, 1.807) is 0 Å². The molecule has 0 heterocycles. The van der Waals surface area contributed by atoms with Gasteiger partial charge in [-0.2, -0.15) is 0 Å². The van der Waals surface area contributed by atoms with Crippen molar-refractivity contribution in [2.45, 2.75) is 12.8 Å². The normalized spacial score (nSPS) is 17.1. The van der Waals surface area contributed by atoms with E-state index in [1.807, 2.05) is 24.3 Å². The summed E-state index contributed by atoms with van der Waals surface area (Å²) in [6.07, 6.45) is 0.654. The van der Waals surface area contributed by atoms with Gasteiger partial charge in [-0.15, -0.1) is 0 Å². The summed E-state index contributed by atoms with van der Waals surface area (Å²) in [5.74, 6) is -1.27. The van der Waals surface area contributed by atoms with Crippen LogP contribution in [-0.4, -0.2) is 11.8 Å². The quantitative estimate of drug-likeness (QED) is 0.650. The molecule has 0 fully saturated rings. The number of fused-ring (bicyclic) bond motifs is 1. The second-order valence-corrected chi connectivity index (χ2v) is 3.93. The second kappa shape index (κ2) is 3.08. The molecule has 1 aromatic rings. The number of primary amides is 2. The molecule has 0 spiro atoms. The van der Waals surface area contributed by atoms with Gasteiger partial charge in [0.05, 0.1) is 0 Å². The van der Waals surface area contributed by atoms with Crippen molar-refractivity contribution in [2.24, 2.45) is 16.9 Å². The summed E-state index contributed by atoms with van der Waals surface area (Å²) in [6.45, 7) is 0. The van der Waals surface area contributed by atoms with Crippen molar-refractivity contribution >= 4 is 11.8 Å². The lowest BCUT2D eigenvalue weighted by Crippen LogP contribution is -2.48. The van der Waals surface area contributed by atoms with Crippen molar-refractivity contribution < 1.29 is 9.59 Å². The number of amides is 2. The first-order valence-corrected chi connectivity index (χ1v) is 4.73. The molecule has 0 saturated heterocycles. The Bertz CT molecular complexity index is 399. The maximum Gasteiger partial charge on any atom is 0.233 e. The van der Waals surface area contributed by atoms with Gasteiger partial charge in [-0.1, -0.05) is 24.3 Å². The molecule has 1 aliphatic rings. The minimum Gasteiger partial charge on any atom is -0.369 e. The number of rotatable bonds is 2. The third-order valence-corrected chi connectivity index (χ3v) is 3.05. The lowest BCUT2D eigenvalue weighted by atomic mass is 9.83. The highest BCUT2D eigenvalue weighted by Crippen LogP contribution is 2.36. The van der Waals surface area contributed by atoms with E-state index in [2.05, 4.69) is 0 Å². The van der Waals surface area contributed by atoms with E-state index in [-0.39, 0.29) is 0 Å². The predicted molar refractivity (Wildman–Crippen MR) is 54.7 cm³/mol. The third-order valence-electron chi connectivity index (χ3n) is 3.05. The average Bonchev–Trinajstić information content (AvgIpc) is 2.57. The highest BCUT2D eigenvalue weighted by Gasteiger charge is 2.47. The lowest BCUT2D eigenvalue weighted by molar-refractivity contribution is -0.139. The van der Waals surface area contributed by atoms with Crippen molar-refractivity contribution in [1.29, 1.82) is 0 Å². The minimum absolute atomic E-state index is 0.327. The minimum atomic E-state index is -1.22. The number of hydrogen-bond donors (Lipinski definition) is 2. The average molecular weight is 204 g/mol. The summed E-state index contributed by atoms with van der Waals surface area (Å²) in [4.78, 5) is 22.7. The molecule has 2 rings (SSSR count). The van der Waals surface area contributed by atoms with Crippen LogP contribution in [0.15, 0.2) is 24.3 Å². The Balaban J connectivity index is 2.45. The molecule has 0 saturated carbocycles. The molecular formula is C11H12N2O2. The van der Waals surface area contributed by atoms with E-state index in [0.717, 1.165) is 11.1 Å². The zero-order chi connectivity index (χ0) is 11.1. The van der Waals surface area contributed by atoms with Gasteiger partial charge in [0.1, 0.15) is 5.41 Å². The molecule has 78 valence electrons. The van der Waals surface area contributed by atoms with E-state index >= 15 is 0 Å². The smallest absolute Gasteiger partial charge is 0.233 e.